The van der Waals surface area contributed by atoms with Gasteiger partial charge in [-0.1, -0.05) is 30.3 Å². The fraction of sp³-hybridized carbons (Fsp3) is 0.222. The molecule has 1 aliphatic rings. The molecule has 1 amide bonds. The number of amides is 1. The molecule has 2 aromatic carbocycles. The van der Waals surface area contributed by atoms with Crippen LogP contribution in [0.4, 0.5) is 11.5 Å². The molecular formula is C27H26N6O3. The summed E-state index contributed by atoms with van der Waals surface area (Å²) in [5.41, 5.74) is 3.32. The van der Waals surface area contributed by atoms with E-state index < -0.39 is 0 Å². The quantitative estimate of drug-likeness (QED) is 0.430. The van der Waals surface area contributed by atoms with Gasteiger partial charge < -0.3 is 15.0 Å². The molecule has 9 heteroatoms. The van der Waals surface area contributed by atoms with Gasteiger partial charge in [-0.05, 0) is 49.2 Å². The fourth-order valence-electron chi connectivity index (χ4n) is 4.44. The molecule has 0 saturated carbocycles. The molecule has 0 aliphatic carbocycles. The van der Waals surface area contributed by atoms with Gasteiger partial charge in [-0.3, -0.25) is 9.59 Å². The van der Waals surface area contributed by atoms with Crippen LogP contribution in [-0.2, 0) is 4.79 Å². The second kappa shape index (κ2) is 10.4. The molecule has 5 rings (SSSR count). The summed E-state index contributed by atoms with van der Waals surface area (Å²) >= 11 is 0. The van der Waals surface area contributed by atoms with Crippen molar-refractivity contribution in [1.29, 1.82) is 0 Å². The second-order valence-electron chi connectivity index (χ2n) is 8.60. The van der Waals surface area contributed by atoms with Crippen LogP contribution < -0.4 is 20.5 Å². The van der Waals surface area contributed by atoms with Crippen LogP contribution in [0.25, 0.3) is 22.5 Å². The lowest BCUT2D eigenvalue weighted by molar-refractivity contribution is -0.120. The van der Waals surface area contributed by atoms with Gasteiger partial charge in [0.05, 0.1) is 30.1 Å². The van der Waals surface area contributed by atoms with E-state index in [0.717, 1.165) is 47.8 Å². The average molecular weight is 483 g/mol. The smallest absolute Gasteiger partial charge is 0.264 e. The monoisotopic (exact) mass is 482 g/mol. The Morgan fingerprint density at radius 1 is 0.972 bits per heavy atom. The lowest BCUT2D eigenvalue weighted by Crippen LogP contribution is -2.41. The molecule has 0 bridgehead atoms. The van der Waals surface area contributed by atoms with E-state index in [1.165, 1.54) is 6.07 Å². The Hall–Kier alpha value is -4.53. The molecule has 2 N–H and O–H groups in total. The Kier molecular flexibility index (Phi) is 6.70. The van der Waals surface area contributed by atoms with E-state index in [9.17, 15) is 9.59 Å². The predicted octanol–water partition coefficient (Wildman–Crippen LogP) is 3.76. The maximum Gasteiger partial charge on any atom is 0.264 e. The molecule has 1 aliphatic heterocycles. The number of ether oxygens (including phenoxy) is 1. The molecule has 182 valence electrons. The summed E-state index contributed by atoms with van der Waals surface area (Å²) in [5, 5.41) is 18.5. The van der Waals surface area contributed by atoms with Crippen molar-refractivity contribution in [3.63, 3.8) is 0 Å². The number of benzene rings is 2. The van der Waals surface area contributed by atoms with Crippen LogP contribution >= 0.6 is 0 Å². The van der Waals surface area contributed by atoms with Gasteiger partial charge in [0.15, 0.2) is 5.82 Å². The van der Waals surface area contributed by atoms with Crippen molar-refractivity contribution in [1.82, 2.24) is 20.4 Å². The number of nitrogens with zero attached hydrogens (tertiary/aromatic N) is 4. The standard InChI is InChI=1S/C27H26N6O3/c1-36-24-11-5-3-9-20(24)23-12-14-25(31-29-23)33-16-6-7-18(17-33)27(35)28-21-10-4-2-8-19(21)22-13-15-26(34)32-30-22/h2-5,8-15,18H,6-7,16-17H2,1H3,(H,28,35)(H,32,34)/t18-/m1/s1. The van der Waals surface area contributed by atoms with Crippen molar-refractivity contribution in [3.05, 3.63) is 83.2 Å². The topological polar surface area (TPSA) is 113 Å². The first-order valence-electron chi connectivity index (χ1n) is 11.8. The summed E-state index contributed by atoms with van der Waals surface area (Å²) in [5.74, 6) is 1.22. The number of aromatic amines is 1. The summed E-state index contributed by atoms with van der Waals surface area (Å²) in [6.45, 7) is 1.36. The summed E-state index contributed by atoms with van der Waals surface area (Å²) in [6.07, 6.45) is 1.66. The Balaban J connectivity index is 1.29. The number of aromatic nitrogens is 4. The van der Waals surface area contributed by atoms with E-state index in [1.807, 2.05) is 60.7 Å². The average Bonchev–Trinajstić information content (AvgIpc) is 2.94. The van der Waals surface area contributed by atoms with E-state index >= 15 is 0 Å². The van der Waals surface area contributed by atoms with Gasteiger partial charge in [0.2, 0.25) is 5.91 Å². The molecule has 2 aromatic heterocycles. The zero-order valence-electron chi connectivity index (χ0n) is 19.8. The number of nitrogens with one attached hydrogen (secondary N) is 2. The lowest BCUT2D eigenvalue weighted by atomic mass is 9.96. The number of para-hydroxylation sites is 2. The van der Waals surface area contributed by atoms with Gasteiger partial charge in [0.1, 0.15) is 5.75 Å². The maximum absolute atomic E-state index is 13.2. The summed E-state index contributed by atoms with van der Waals surface area (Å²) in [7, 11) is 1.63. The molecule has 1 fully saturated rings. The number of anilines is 2. The van der Waals surface area contributed by atoms with Crippen LogP contribution in [0.15, 0.2) is 77.6 Å². The van der Waals surface area contributed by atoms with Crippen LogP contribution in [0.3, 0.4) is 0 Å². The van der Waals surface area contributed by atoms with Crippen LogP contribution in [0, 0.1) is 5.92 Å². The van der Waals surface area contributed by atoms with E-state index in [2.05, 4.69) is 30.6 Å². The van der Waals surface area contributed by atoms with Crippen molar-refractivity contribution < 1.29 is 9.53 Å². The highest BCUT2D eigenvalue weighted by Crippen LogP contribution is 2.30. The SMILES string of the molecule is COc1ccccc1-c1ccc(N2CCC[C@@H](C(=O)Nc3ccccc3-c3ccc(=O)[nH]n3)C2)nn1. The number of hydrogen-bond donors (Lipinski definition) is 2. The van der Waals surface area contributed by atoms with E-state index in [-0.39, 0.29) is 17.4 Å². The minimum atomic E-state index is -0.276. The zero-order valence-corrected chi connectivity index (χ0v) is 19.8. The Bertz CT molecular complexity index is 1400. The van der Waals surface area contributed by atoms with Crippen molar-refractivity contribution in [3.8, 4) is 28.3 Å². The Morgan fingerprint density at radius 2 is 1.75 bits per heavy atom. The highest BCUT2D eigenvalue weighted by atomic mass is 16.5. The molecule has 9 nitrogen and oxygen atoms in total. The molecule has 36 heavy (non-hydrogen) atoms. The highest BCUT2D eigenvalue weighted by Gasteiger charge is 2.27. The Labute approximate surface area is 208 Å². The molecular weight excluding hydrogens is 456 g/mol. The van der Waals surface area contributed by atoms with Gasteiger partial charge in [0, 0.05) is 30.3 Å². The number of rotatable bonds is 6. The van der Waals surface area contributed by atoms with Crippen molar-refractivity contribution >= 4 is 17.4 Å². The third-order valence-electron chi connectivity index (χ3n) is 6.29. The molecule has 1 saturated heterocycles. The van der Waals surface area contributed by atoms with Gasteiger partial charge in [0.25, 0.3) is 5.56 Å². The van der Waals surface area contributed by atoms with Crippen LogP contribution in [0.5, 0.6) is 5.75 Å². The van der Waals surface area contributed by atoms with E-state index in [1.54, 1.807) is 13.2 Å². The summed E-state index contributed by atoms with van der Waals surface area (Å²) < 4.78 is 5.44. The molecule has 0 spiro atoms. The zero-order chi connectivity index (χ0) is 24.9. The number of H-pyrrole nitrogens is 1. The van der Waals surface area contributed by atoms with Crippen molar-refractivity contribution in [2.24, 2.45) is 5.92 Å². The minimum absolute atomic E-state index is 0.0600. The molecule has 1 atom stereocenters. The summed E-state index contributed by atoms with van der Waals surface area (Å²) in [4.78, 5) is 26.7. The Morgan fingerprint density at radius 3 is 2.50 bits per heavy atom. The first-order chi connectivity index (χ1) is 17.6. The third kappa shape index (κ3) is 4.95. The highest BCUT2D eigenvalue weighted by molar-refractivity contribution is 5.96. The molecule has 4 aromatic rings. The van der Waals surface area contributed by atoms with Gasteiger partial charge in [-0.2, -0.15) is 5.10 Å². The number of carbonyl (C=O) groups excluding carboxylic acids is 1. The normalized spacial score (nSPS) is 15.4. The number of methoxy groups -OCH3 is 1. The van der Waals surface area contributed by atoms with Gasteiger partial charge in [-0.25, -0.2) is 5.10 Å². The van der Waals surface area contributed by atoms with Gasteiger partial charge >= 0.3 is 0 Å². The first-order valence-corrected chi connectivity index (χ1v) is 11.8. The number of hydrogen-bond acceptors (Lipinski definition) is 7. The lowest BCUT2D eigenvalue weighted by Gasteiger charge is -2.32. The van der Waals surface area contributed by atoms with Crippen LogP contribution in [0.1, 0.15) is 12.8 Å². The first kappa shape index (κ1) is 23.2. The fourth-order valence-corrected chi connectivity index (χ4v) is 4.44. The predicted molar refractivity (Wildman–Crippen MR) is 138 cm³/mol. The van der Waals surface area contributed by atoms with Gasteiger partial charge in [-0.15, -0.1) is 10.2 Å². The van der Waals surface area contributed by atoms with Crippen LogP contribution in [0.2, 0.25) is 0 Å². The minimum Gasteiger partial charge on any atom is -0.496 e. The second-order valence-corrected chi connectivity index (χ2v) is 8.60. The van der Waals surface area contributed by atoms with Crippen molar-refractivity contribution in [2.75, 3.05) is 30.4 Å². The molecule has 0 radical (unpaired) electrons. The number of piperidine rings is 1. The molecule has 3 heterocycles. The van der Waals surface area contributed by atoms with Crippen molar-refractivity contribution in [2.45, 2.75) is 12.8 Å². The van der Waals surface area contributed by atoms with E-state index in [0.29, 0.717) is 17.9 Å². The summed E-state index contributed by atoms with van der Waals surface area (Å²) in [6, 6.07) is 22.0. The third-order valence-corrected chi connectivity index (χ3v) is 6.29. The maximum atomic E-state index is 13.2. The molecule has 0 unspecified atom stereocenters. The number of carbonyl (C=O) groups is 1. The van der Waals surface area contributed by atoms with E-state index in [4.69, 9.17) is 4.74 Å². The largest absolute Gasteiger partial charge is 0.496 e. The van der Waals surface area contributed by atoms with Crippen LogP contribution in [-0.4, -0.2) is 46.5 Å².